The number of thiophene rings is 1. The Morgan fingerprint density at radius 3 is 2.72 bits per heavy atom. The Labute approximate surface area is 191 Å². The molecule has 170 valence electrons. The van der Waals surface area contributed by atoms with E-state index in [1.165, 1.54) is 29.5 Å². The molecule has 0 saturated carbocycles. The summed E-state index contributed by atoms with van der Waals surface area (Å²) in [4.78, 5) is 20.6. The third-order valence-electron chi connectivity index (χ3n) is 4.94. The highest BCUT2D eigenvalue weighted by atomic mass is 32.1. The normalized spacial score (nSPS) is 12.5. The molecule has 0 aliphatic heterocycles. The van der Waals surface area contributed by atoms with Crippen molar-refractivity contribution in [1.82, 2.24) is 9.97 Å². The minimum atomic E-state index is 0.00936. The van der Waals surface area contributed by atoms with Gasteiger partial charge in [0.25, 0.3) is 6.47 Å². The maximum atomic E-state index is 9.18. The number of nitrogens with one attached hydrogen (secondary N) is 2. The molecule has 0 amide bonds. The van der Waals surface area contributed by atoms with Gasteiger partial charge in [0.1, 0.15) is 22.7 Å². The summed E-state index contributed by atoms with van der Waals surface area (Å²) in [5.74, 6) is 1.44. The number of anilines is 3. The first-order valence-electron chi connectivity index (χ1n) is 10.7. The molecule has 0 saturated heterocycles. The molecule has 1 aliphatic rings. The number of hydrogen-bond donors (Lipinski definition) is 3. The molecule has 0 unspecified atom stereocenters. The number of aromatic nitrogens is 2. The van der Waals surface area contributed by atoms with Crippen molar-refractivity contribution >= 4 is 51.4 Å². The summed E-state index contributed by atoms with van der Waals surface area (Å²) in [6.07, 6.45) is 7.50. The summed E-state index contributed by atoms with van der Waals surface area (Å²) in [5.41, 5.74) is 9.35. The molecule has 8 nitrogen and oxygen atoms in total. The molecule has 1 aromatic carbocycles. The molecule has 2 heterocycles. The highest BCUT2D eigenvalue weighted by molar-refractivity contribution is 7.19. The molecule has 9 heteroatoms. The summed E-state index contributed by atoms with van der Waals surface area (Å²) in [7, 11) is 0. The van der Waals surface area contributed by atoms with E-state index in [9.17, 15) is 4.79 Å². The van der Waals surface area contributed by atoms with Gasteiger partial charge in [-0.25, -0.2) is 9.97 Å². The van der Waals surface area contributed by atoms with Gasteiger partial charge in [0.2, 0.25) is 0 Å². The Bertz CT molecular complexity index is 1100. The van der Waals surface area contributed by atoms with Crippen molar-refractivity contribution in [3.05, 3.63) is 34.5 Å². The van der Waals surface area contributed by atoms with E-state index >= 15 is 0 Å². The van der Waals surface area contributed by atoms with E-state index in [1.807, 2.05) is 19.9 Å². The van der Waals surface area contributed by atoms with Crippen LogP contribution in [0.2, 0.25) is 0 Å². The van der Waals surface area contributed by atoms with Crippen LogP contribution in [-0.2, 0) is 22.4 Å². The predicted molar refractivity (Wildman–Crippen MR) is 130 cm³/mol. The second-order valence-corrected chi connectivity index (χ2v) is 8.66. The van der Waals surface area contributed by atoms with E-state index < -0.39 is 0 Å². The summed E-state index contributed by atoms with van der Waals surface area (Å²) in [6, 6.07) is 3.61. The predicted octanol–water partition coefficient (Wildman–Crippen LogP) is 4.86. The summed E-state index contributed by atoms with van der Waals surface area (Å²) >= 11 is 1.77. The van der Waals surface area contributed by atoms with Crippen LogP contribution < -0.4 is 15.8 Å². The van der Waals surface area contributed by atoms with Crippen LogP contribution in [0, 0.1) is 5.41 Å². The number of ether oxygens (including phenoxy) is 2. The van der Waals surface area contributed by atoms with Gasteiger partial charge >= 0.3 is 0 Å². The Balaban J connectivity index is 0.000000523. The topological polar surface area (TPSA) is 123 Å². The van der Waals surface area contributed by atoms with Gasteiger partial charge in [-0.2, -0.15) is 0 Å². The van der Waals surface area contributed by atoms with Crippen LogP contribution in [0.1, 0.15) is 49.6 Å². The van der Waals surface area contributed by atoms with E-state index in [4.69, 9.17) is 15.9 Å². The number of benzene rings is 1. The number of nitrogen functional groups attached to an aromatic ring is 1. The minimum Gasteiger partial charge on any atom is -0.489 e. The van der Waals surface area contributed by atoms with Gasteiger partial charge in [0, 0.05) is 28.4 Å². The van der Waals surface area contributed by atoms with Gasteiger partial charge in [0.15, 0.2) is 0 Å². The molecule has 4 N–H and O–H groups in total. The maximum Gasteiger partial charge on any atom is 0.293 e. The van der Waals surface area contributed by atoms with Crippen molar-refractivity contribution in [3.63, 3.8) is 0 Å². The standard InChI is InChI=1S/C20H23N5OS.C3H6O2/c1-11(2)26-16-8-14(22)12(9-21)7-15(16)25-19-18-13-5-3-4-6-17(13)27-20(18)24-10-23-19;1-2-5-3-4/h7-11,21H,3-6,22H2,1-2H3,(H,23,24,25);3H,2H2,1H3. The molecular formula is C23H29N5O3S. The number of carbonyl (C=O) groups excluding carboxylic acids is 1. The van der Waals surface area contributed by atoms with E-state index in [1.54, 1.807) is 30.7 Å². The molecular weight excluding hydrogens is 426 g/mol. The number of nitrogens with two attached hydrogens (primary N) is 1. The van der Waals surface area contributed by atoms with Gasteiger partial charge in [0.05, 0.1) is 23.8 Å². The van der Waals surface area contributed by atoms with Crippen LogP contribution >= 0.6 is 11.3 Å². The highest BCUT2D eigenvalue weighted by Gasteiger charge is 2.21. The second kappa shape index (κ2) is 10.9. The molecule has 0 atom stereocenters. The van der Waals surface area contributed by atoms with Gasteiger partial charge in [-0.15, -0.1) is 11.3 Å². The lowest BCUT2D eigenvalue weighted by Crippen LogP contribution is -2.09. The fourth-order valence-corrected chi connectivity index (χ4v) is 4.80. The number of nitrogens with zero attached hydrogens (tertiary/aromatic N) is 2. The first kappa shape index (κ1) is 23.5. The number of carbonyl (C=O) groups is 1. The first-order valence-corrected chi connectivity index (χ1v) is 11.5. The highest BCUT2D eigenvalue weighted by Crippen LogP contribution is 2.40. The van der Waals surface area contributed by atoms with E-state index in [2.05, 4.69) is 20.0 Å². The lowest BCUT2D eigenvalue weighted by molar-refractivity contribution is -0.128. The molecule has 0 radical (unpaired) electrons. The fourth-order valence-electron chi connectivity index (χ4n) is 3.57. The monoisotopic (exact) mass is 455 g/mol. The number of fused-ring (bicyclic) bond motifs is 3. The molecule has 1 aliphatic carbocycles. The second-order valence-electron chi connectivity index (χ2n) is 7.58. The van der Waals surface area contributed by atoms with Crippen LogP contribution in [0.25, 0.3) is 10.2 Å². The van der Waals surface area contributed by atoms with Crippen LogP contribution in [0.15, 0.2) is 18.5 Å². The van der Waals surface area contributed by atoms with Crippen molar-refractivity contribution < 1.29 is 14.3 Å². The van der Waals surface area contributed by atoms with Crippen molar-refractivity contribution in [2.24, 2.45) is 0 Å². The molecule has 2 aromatic heterocycles. The lowest BCUT2D eigenvalue weighted by atomic mass is 9.97. The van der Waals surface area contributed by atoms with Gasteiger partial charge < -0.3 is 25.9 Å². The molecule has 32 heavy (non-hydrogen) atoms. The van der Waals surface area contributed by atoms with Crippen LogP contribution in [-0.4, -0.2) is 35.4 Å². The summed E-state index contributed by atoms with van der Waals surface area (Å²) in [5, 5.41) is 12.1. The zero-order chi connectivity index (χ0) is 23.1. The number of aryl methyl sites for hydroxylation is 2. The molecule has 0 bridgehead atoms. The number of rotatable bonds is 7. The minimum absolute atomic E-state index is 0.00936. The van der Waals surface area contributed by atoms with Crippen molar-refractivity contribution in [2.45, 2.75) is 52.6 Å². The Hall–Kier alpha value is -3.20. The van der Waals surface area contributed by atoms with Crippen LogP contribution in [0.5, 0.6) is 5.75 Å². The molecule has 4 rings (SSSR count). The van der Waals surface area contributed by atoms with Gasteiger partial charge in [-0.3, -0.25) is 4.79 Å². The van der Waals surface area contributed by atoms with Gasteiger partial charge in [-0.1, -0.05) is 0 Å². The Kier molecular flexibility index (Phi) is 7.99. The largest absolute Gasteiger partial charge is 0.489 e. The third-order valence-corrected chi connectivity index (χ3v) is 6.14. The maximum absolute atomic E-state index is 9.18. The van der Waals surface area contributed by atoms with E-state index in [0.29, 0.717) is 30.1 Å². The van der Waals surface area contributed by atoms with Crippen molar-refractivity contribution in [2.75, 3.05) is 17.7 Å². The molecule has 0 fully saturated rings. The van der Waals surface area contributed by atoms with E-state index in [-0.39, 0.29) is 6.10 Å². The third kappa shape index (κ3) is 5.34. The smallest absolute Gasteiger partial charge is 0.293 e. The summed E-state index contributed by atoms with van der Waals surface area (Å²) in [6.45, 7) is 6.61. The fraction of sp³-hybridized carbons (Fsp3) is 0.391. The zero-order valence-corrected chi connectivity index (χ0v) is 19.4. The lowest BCUT2D eigenvalue weighted by Gasteiger charge is -2.18. The first-order chi connectivity index (χ1) is 15.5. The summed E-state index contributed by atoms with van der Waals surface area (Å²) < 4.78 is 10.1. The van der Waals surface area contributed by atoms with Crippen LogP contribution in [0.3, 0.4) is 0 Å². The van der Waals surface area contributed by atoms with Crippen molar-refractivity contribution in [1.29, 1.82) is 5.41 Å². The Morgan fingerprint density at radius 1 is 1.28 bits per heavy atom. The van der Waals surface area contributed by atoms with Crippen LogP contribution in [0.4, 0.5) is 17.2 Å². The van der Waals surface area contributed by atoms with Crippen molar-refractivity contribution in [3.8, 4) is 5.75 Å². The Morgan fingerprint density at radius 2 is 2.06 bits per heavy atom. The van der Waals surface area contributed by atoms with E-state index in [0.717, 1.165) is 34.6 Å². The molecule has 3 aromatic rings. The zero-order valence-electron chi connectivity index (χ0n) is 18.6. The molecule has 0 spiro atoms. The number of hydrogen-bond acceptors (Lipinski definition) is 9. The van der Waals surface area contributed by atoms with Gasteiger partial charge in [-0.05, 0) is 58.1 Å². The quantitative estimate of drug-likeness (QED) is 0.264. The average Bonchev–Trinajstić information content (AvgIpc) is 3.15. The average molecular weight is 456 g/mol. The SMILES string of the molecule is CC(C)Oc1cc(N)c(C=N)cc1Nc1ncnc2sc3c(c12)CCCC3.CCOC=O.